The molecule has 162 valence electrons. The van der Waals surface area contributed by atoms with Gasteiger partial charge in [-0.05, 0) is 61.2 Å². The minimum Gasteiger partial charge on any atom is -0.447 e. The second kappa shape index (κ2) is 8.89. The van der Waals surface area contributed by atoms with E-state index in [4.69, 9.17) is 16.3 Å². The van der Waals surface area contributed by atoms with E-state index >= 15 is 0 Å². The number of halogens is 1. The van der Waals surface area contributed by atoms with E-state index in [2.05, 4.69) is 36.2 Å². The fourth-order valence-corrected chi connectivity index (χ4v) is 2.99. The molecule has 3 aromatic rings. The van der Waals surface area contributed by atoms with Crippen LogP contribution >= 0.6 is 11.6 Å². The van der Waals surface area contributed by atoms with Crippen molar-refractivity contribution in [3.63, 3.8) is 0 Å². The number of amides is 1. The number of carbonyl (C=O) groups is 2. The largest absolute Gasteiger partial charge is 0.447 e. The lowest BCUT2D eigenvalue weighted by Crippen LogP contribution is -2.30. The average Bonchev–Trinajstić information content (AvgIpc) is 3.10. The Kier molecular flexibility index (Phi) is 6.45. The lowest BCUT2D eigenvalue weighted by atomic mass is 9.87. The molecule has 1 amide bonds. The van der Waals surface area contributed by atoms with E-state index in [-0.39, 0.29) is 11.2 Å². The van der Waals surface area contributed by atoms with Gasteiger partial charge in [0.25, 0.3) is 11.7 Å². The standard InChI is InChI=1S/C23H25ClN4O3/c1-14(21(29)26-18-10-6-16(7-11-18)23(3,4)5)31-22(30)20-25-15(2)28(27-20)19-12-8-17(24)9-13-19/h6-14H,1-5H3,(H,26,29). The molecule has 1 atom stereocenters. The molecule has 2 aromatic carbocycles. The Balaban J connectivity index is 1.64. The fourth-order valence-electron chi connectivity index (χ4n) is 2.87. The molecule has 0 spiro atoms. The molecule has 1 aromatic heterocycles. The zero-order valence-corrected chi connectivity index (χ0v) is 18.9. The number of hydrogen-bond acceptors (Lipinski definition) is 5. The predicted molar refractivity (Wildman–Crippen MR) is 120 cm³/mol. The van der Waals surface area contributed by atoms with E-state index in [1.54, 1.807) is 31.2 Å². The highest BCUT2D eigenvalue weighted by Gasteiger charge is 2.23. The summed E-state index contributed by atoms with van der Waals surface area (Å²) in [5, 5.41) is 7.54. The maximum absolute atomic E-state index is 12.5. The second-order valence-electron chi connectivity index (χ2n) is 8.23. The van der Waals surface area contributed by atoms with Crippen LogP contribution in [0.1, 0.15) is 49.7 Å². The van der Waals surface area contributed by atoms with Gasteiger partial charge in [0.15, 0.2) is 6.10 Å². The summed E-state index contributed by atoms with van der Waals surface area (Å²) in [4.78, 5) is 29.0. The molecule has 0 saturated carbocycles. The molecule has 1 heterocycles. The zero-order valence-electron chi connectivity index (χ0n) is 18.1. The molecular weight excluding hydrogens is 416 g/mol. The molecular formula is C23H25ClN4O3. The number of aromatic nitrogens is 3. The summed E-state index contributed by atoms with van der Waals surface area (Å²) in [6.45, 7) is 9.57. The zero-order chi connectivity index (χ0) is 22.8. The van der Waals surface area contributed by atoms with Crippen LogP contribution in [0.5, 0.6) is 0 Å². The number of aryl methyl sites for hydroxylation is 1. The number of nitrogens with zero attached hydrogens (tertiary/aromatic N) is 3. The summed E-state index contributed by atoms with van der Waals surface area (Å²) in [5.41, 5.74) is 2.51. The third-order valence-electron chi connectivity index (χ3n) is 4.69. The van der Waals surface area contributed by atoms with Gasteiger partial charge in [-0.2, -0.15) is 0 Å². The molecule has 31 heavy (non-hydrogen) atoms. The number of rotatable bonds is 5. The van der Waals surface area contributed by atoms with Crippen molar-refractivity contribution in [3.05, 3.63) is 70.8 Å². The Hall–Kier alpha value is -3.19. The molecule has 0 bridgehead atoms. The van der Waals surface area contributed by atoms with E-state index in [0.717, 1.165) is 5.56 Å². The van der Waals surface area contributed by atoms with Gasteiger partial charge >= 0.3 is 5.97 Å². The first-order chi connectivity index (χ1) is 14.5. The Morgan fingerprint density at radius 2 is 1.68 bits per heavy atom. The topological polar surface area (TPSA) is 86.1 Å². The molecule has 0 aliphatic heterocycles. The molecule has 0 fully saturated rings. The summed E-state index contributed by atoms with van der Waals surface area (Å²) in [7, 11) is 0. The van der Waals surface area contributed by atoms with Crippen LogP contribution in [0.25, 0.3) is 5.69 Å². The van der Waals surface area contributed by atoms with Crippen LogP contribution in [0.3, 0.4) is 0 Å². The summed E-state index contributed by atoms with van der Waals surface area (Å²) < 4.78 is 6.77. The highest BCUT2D eigenvalue weighted by atomic mass is 35.5. The number of esters is 1. The molecule has 7 nitrogen and oxygen atoms in total. The van der Waals surface area contributed by atoms with Crippen molar-refractivity contribution >= 4 is 29.2 Å². The number of hydrogen-bond donors (Lipinski definition) is 1. The van der Waals surface area contributed by atoms with Crippen molar-refractivity contribution in [2.24, 2.45) is 0 Å². The van der Waals surface area contributed by atoms with Gasteiger partial charge in [0.05, 0.1) is 5.69 Å². The normalized spacial score (nSPS) is 12.3. The monoisotopic (exact) mass is 440 g/mol. The number of carbonyl (C=O) groups excluding carboxylic acids is 2. The lowest BCUT2D eigenvalue weighted by Gasteiger charge is -2.19. The quantitative estimate of drug-likeness (QED) is 0.580. The fraction of sp³-hybridized carbons (Fsp3) is 0.304. The van der Waals surface area contributed by atoms with Gasteiger partial charge in [-0.1, -0.05) is 44.5 Å². The smallest absolute Gasteiger partial charge is 0.379 e. The van der Waals surface area contributed by atoms with Crippen LogP contribution in [0.2, 0.25) is 5.02 Å². The van der Waals surface area contributed by atoms with Crippen molar-refractivity contribution in [1.29, 1.82) is 0 Å². The van der Waals surface area contributed by atoms with Crippen molar-refractivity contribution in [2.75, 3.05) is 5.32 Å². The Morgan fingerprint density at radius 3 is 2.26 bits per heavy atom. The summed E-state index contributed by atoms with van der Waals surface area (Å²) >= 11 is 5.91. The van der Waals surface area contributed by atoms with Gasteiger partial charge in [-0.25, -0.2) is 14.5 Å². The Bertz CT molecular complexity index is 1080. The third kappa shape index (κ3) is 5.49. The first-order valence-corrected chi connectivity index (χ1v) is 10.2. The minimum absolute atomic E-state index is 0.0198. The number of ether oxygens (including phenoxy) is 1. The first-order valence-electron chi connectivity index (χ1n) is 9.86. The van der Waals surface area contributed by atoms with Gasteiger partial charge in [0.2, 0.25) is 0 Å². The van der Waals surface area contributed by atoms with E-state index in [0.29, 0.717) is 22.2 Å². The Labute approximate surface area is 186 Å². The summed E-state index contributed by atoms with van der Waals surface area (Å²) in [6.07, 6.45) is -1.02. The predicted octanol–water partition coefficient (Wildman–Crippen LogP) is 4.71. The average molecular weight is 441 g/mol. The van der Waals surface area contributed by atoms with Crippen LogP contribution in [-0.4, -0.2) is 32.7 Å². The number of benzene rings is 2. The SMILES string of the molecule is Cc1nc(C(=O)OC(C)C(=O)Nc2ccc(C(C)(C)C)cc2)nn1-c1ccc(Cl)cc1. The minimum atomic E-state index is -1.02. The Morgan fingerprint density at radius 1 is 1.06 bits per heavy atom. The van der Waals surface area contributed by atoms with Gasteiger partial charge < -0.3 is 10.1 Å². The summed E-state index contributed by atoms with van der Waals surface area (Å²) in [6, 6.07) is 14.5. The highest BCUT2D eigenvalue weighted by molar-refractivity contribution is 6.30. The number of nitrogens with one attached hydrogen (secondary N) is 1. The molecule has 8 heteroatoms. The second-order valence-corrected chi connectivity index (χ2v) is 8.67. The van der Waals surface area contributed by atoms with Crippen LogP contribution in [0, 0.1) is 6.92 Å². The van der Waals surface area contributed by atoms with E-state index < -0.39 is 18.0 Å². The molecule has 1 unspecified atom stereocenters. The summed E-state index contributed by atoms with van der Waals surface area (Å²) in [5.74, 6) is -0.834. The van der Waals surface area contributed by atoms with Crippen molar-refractivity contribution in [1.82, 2.24) is 14.8 Å². The third-order valence-corrected chi connectivity index (χ3v) is 4.95. The van der Waals surface area contributed by atoms with E-state index in [9.17, 15) is 9.59 Å². The first kappa shape index (κ1) is 22.5. The van der Waals surface area contributed by atoms with Gasteiger partial charge in [-0.15, -0.1) is 5.10 Å². The van der Waals surface area contributed by atoms with Gasteiger partial charge in [0, 0.05) is 10.7 Å². The molecule has 0 aliphatic rings. The molecule has 0 radical (unpaired) electrons. The van der Waals surface area contributed by atoms with Gasteiger partial charge in [0.1, 0.15) is 5.82 Å². The van der Waals surface area contributed by atoms with Crippen molar-refractivity contribution < 1.29 is 14.3 Å². The van der Waals surface area contributed by atoms with Crippen molar-refractivity contribution in [3.8, 4) is 5.69 Å². The number of anilines is 1. The van der Waals surface area contributed by atoms with Crippen LogP contribution < -0.4 is 5.32 Å². The molecule has 1 N–H and O–H groups in total. The van der Waals surface area contributed by atoms with Gasteiger partial charge in [-0.3, -0.25) is 4.79 Å². The molecule has 3 rings (SSSR count). The van der Waals surface area contributed by atoms with Crippen LogP contribution in [-0.2, 0) is 14.9 Å². The maximum atomic E-state index is 12.5. The lowest BCUT2D eigenvalue weighted by molar-refractivity contribution is -0.123. The highest BCUT2D eigenvalue weighted by Crippen LogP contribution is 2.23. The van der Waals surface area contributed by atoms with Crippen LogP contribution in [0.15, 0.2) is 48.5 Å². The molecule has 0 saturated heterocycles. The van der Waals surface area contributed by atoms with E-state index in [1.165, 1.54) is 11.6 Å². The van der Waals surface area contributed by atoms with Crippen molar-refractivity contribution in [2.45, 2.75) is 46.1 Å². The maximum Gasteiger partial charge on any atom is 0.379 e. The van der Waals surface area contributed by atoms with Crippen LogP contribution in [0.4, 0.5) is 5.69 Å². The van der Waals surface area contributed by atoms with E-state index in [1.807, 2.05) is 24.3 Å². The molecule has 0 aliphatic carbocycles.